The number of rotatable bonds is 10. The van der Waals surface area contributed by atoms with E-state index in [9.17, 15) is 24.3 Å². The van der Waals surface area contributed by atoms with Gasteiger partial charge in [-0.15, -0.1) is 0 Å². The molecule has 0 spiro atoms. The number of nitrogens with one attached hydrogen (secondary N) is 3. The zero-order valence-corrected chi connectivity index (χ0v) is 39.3. The molecule has 3 aliphatic heterocycles. The molecule has 4 fully saturated rings. The number of phenolic OH excluding ortho intramolecular Hbond substituents is 1. The number of aromatic nitrogens is 1. The summed E-state index contributed by atoms with van der Waals surface area (Å²) in [6.45, 7) is 19.2. The number of phenols is 1. The van der Waals surface area contributed by atoms with E-state index in [0.29, 0.717) is 49.8 Å². The van der Waals surface area contributed by atoms with E-state index in [-0.39, 0.29) is 48.7 Å². The lowest BCUT2D eigenvalue weighted by atomic mass is 9.84. The normalized spacial score (nSPS) is 26.9. The Balaban J connectivity index is 1.23. The second-order valence-corrected chi connectivity index (χ2v) is 19.9. The Bertz CT molecular complexity index is 2430. The van der Waals surface area contributed by atoms with Gasteiger partial charge in [0.15, 0.2) is 0 Å². The first kappa shape index (κ1) is 46.2. The van der Waals surface area contributed by atoms with Crippen molar-refractivity contribution in [2.45, 2.75) is 130 Å². The van der Waals surface area contributed by atoms with Crippen LogP contribution in [0.2, 0.25) is 0 Å². The van der Waals surface area contributed by atoms with Crippen molar-refractivity contribution < 1.29 is 33.8 Å². The van der Waals surface area contributed by atoms with Gasteiger partial charge < -0.3 is 24.5 Å². The van der Waals surface area contributed by atoms with Crippen LogP contribution in [0, 0.1) is 29.1 Å². The number of hydrogen-bond acceptors (Lipinski definition) is 10. The molecule has 3 aromatic rings. The van der Waals surface area contributed by atoms with Gasteiger partial charge in [0, 0.05) is 60.8 Å². The molecule has 348 valence electrons. The molecule has 3 amide bonds. The van der Waals surface area contributed by atoms with Crippen LogP contribution in [0.25, 0.3) is 27.6 Å². The van der Waals surface area contributed by atoms with Crippen LogP contribution >= 0.6 is 0 Å². The first-order valence-electron chi connectivity index (χ1n) is 23.6. The van der Waals surface area contributed by atoms with Crippen molar-refractivity contribution >= 4 is 46.4 Å². The van der Waals surface area contributed by atoms with Gasteiger partial charge in [0.05, 0.1) is 30.0 Å². The lowest BCUT2D eigenvalue weighted by Gasteiger charge is -2.37. The third kappa shape index (κ3) is 8.77. The summed E-state index contributed by atoms with van der Waals surface area (Å²) in [5.74, 6) is -1.05. The summed E-state index contributed by atoms with van der Waals surface area (Å²) in [6.07, 6.45) is 7.96. The highest BCUT2D eigenvalue weighted by Crippen LogP contribution is 2.51. The molecule has 4 heterocycles. The highest BCUT2D eigenvalue weighted by atomic mass is 16.5. The van der Waals surface area contributed by atoms with Gasteiger partial charge in [-0.1, -0.05) is 52.5 Å². The van der Waals surface area contributed by atoms with E-state index in [1.807, 2.05) is 45.9 Å². The predicted octanol–water partition coefficient (Wildman–Crippen LogP) is 6.49. The molecule has 8 rings (SSSR count). The van der Waals surface area contributed by atoms with Crippen molar-refractivity contribution in [2.24, 2.45) is 34.1 Å². The average Bonchev–Trinajstić information content (AvgIpc) is 4.05. The Morgan fingerprint density at radius 3 is 2.52 bits per heavy atom. The maximum Gasteiger partial charge on any atom is 0.324 e. The molecule has 14 nitrogen and oxygen atoms in total. The van der Waals surface area contributed by atoms with Gasteiger partial charge in [-0.2, -0.15) is 0 Å². The molecule has 2 aromatic carbocycles. The molecule has 2 saturated carbocycles. The summed E-state index contributed by atoms with van der Waals surface area (Å²) < 4.78 is 14.2. The second-order valence-electron chi connectivity index (χ2n) is 19.9. The van der Waals surface area contributed by atoms with Crippen LogP contribution in [-0.2, 0) is 48.0 Å². The molecule has 2 aliphatic carbocycles. The fraction of sp³-hybridized carbons (Fsp3) is 0.549. The molecule has 0 radical (unpaired) electrons. The first-order valence-corrected chi connectivity index (χ1v) is 23.6. The van der Waals surface area contributed by atoms with Gasteiger partial charge in [0.25, 0.3) is 5.91 Å². The Labute approximate surface area is 382 Å². The first-order chi connectivity index (χ1) is 31.1. The monoisotopic (exact) mass is 890 g/mol. The number of carbonyl (C=O) groups excluding carboxylic acids is 4. The summed E-state index contributed by atoms with van der Waals surface area (Å²) in [6, 6.07) is 8.78. The number of hydrazine groups is 2. The summed E-state index contributed by atoms with van der Waals surface area (Å²) in [5, 5.41) is 18.4. The zero-order valence-electron chi connectivity index (χ0n) is 39.3. The number of ether oxygens (including phenoxy) is 2. The highest BCUT2D eigenvalue weighted by molar-refractivity contribution is 5.96. The average molecular weight is 890 g/mol. The van der Waals surface area contributed by atoms with Crippen LogP contribution in [0.3, 0.4) is 0 Å². The quantitative estimate of drug-likeness (QED) is 0.101. The number of hydrogen-bond donors (Lipinski definition) is 4. The van der Waals surface area contributed by atoms with Crippen LogP contribution in [0.5, 0.6) is 5.75 Å². The number of aromatic hydroxyl groups is 1. The van der Waals surface area contributed by atoms with Crippen molar-refractivity contribution in [1.29, 1.82) is 0 Å². The van der Waals surface area contributed by atoms with Crippen molar-refractivity contribution in [1.82, 2.24) is 30.8 Å². The molecule has 1 aromatic heterocycles. The number of nitrogens with zero attached hydrogens (tertiary/aromatic N) is 4. The van der Waals surface area contributed by atoms with E-state index in [1.54, 1.807) is 25.5 Å². The summed E-state index contributed by atoms with van der Waals surface area (Å²) in [5.41, 5.74) is 12.8. The molecule has 5 aliphatic rings. The number of cyclic esters (lactones) is 1. The van der Waals surface area contributed by atoms with Gasteiger partial charge in [-0.05, 0) is 124 Å². The molecular weight excluding hydrogens is 823 g/mol. The maximum atomic E-state index is 14.8. The maximum absolute atomic E-state index is 14.8. The minimum absolute atomic E-state index is 0.0113. The van der Waals surface area contributed by atoms with Crippen LogP contribution in [0.1, 0.15) is 97.4 Å². The van der Waals surface area contributed by atoms with E-state index in [0.717, 1.165) is 63.8 Å². The molecular formula is C51H67N7O7. The van der Waals surface area contributed by atoms with Gasteiger partial charge in [0.1, 0.15) is 23.9 Å². The summed E-state index contributed by atoms with van der Waals surface area (Å²) in [4.78, 5) is 62.1. The van der Waals surface area contributed by atoms with Gasteiger partial charge in [0.2, 0.25) is 11.8 Å². The van der Waals surface area contributed by atoms with Gasteiger partial charge in [-0.25, -0.2) is 10.9 Å². The standard InChI is InChI=1S/C51H67N7O7/c1-10-36(43(52-11-2)29(6)64-9)46-38-26-51(7,8)27-65-50(63)39-14-13-19-57(54-39)48(61)40(22-30-20-34(24-35(59)21-30)31-17-18-41(37(38)25-31)56(46)12-3)53-47(60)45(28(4)5)58-49(62)42-32-15-16-33(23-32)44(42)55-58/h10-11,17-18,20-21,24-25,28-29,32-33,39-40,42,44-45,54-55,59H,1,12-16,19,22-23,26-27H2,2-9H3,(H,53,60)/b43-36+,52-11?/t29-,32-,33+,39-,40-,42+,44-,45-/m0/s1. The second kappa shape index (κ2) is 18.5. The Hall–Kier alpha value is -5.31. The predicted molar refractivity (Wildman–Crippen MR) is 251 cm³/mol. The molecule has 2 saturated heterocycles. The number of methoxy groups -OCH3 is 1. The van der Waals surface area contributed by atoms with E-state index in [1.165, 1.54) is 10.0 Å². The third-order valence-corrected chi connectivity index (χ3v) is 14.5. The van der Waals surface area contributed by atoms with E-state index < -0.39 is 41.3 Å². The molecule has 8 atom stereocenters. The SMILES string of the molecule is C=C/C(=C(\N=CC)[C@H](C)OC)c1c2c3cc(ccc3n1CC)-c1cc(O)cc(c1)C[C@H](NC(=O)[C@H](C(C)C)N1N[C@H]3[C@@H]4CC[C@@H](C4)[C@H]3C1=O)C(=O)N1CCC[C@H](N1)C(=O)OCC(C)(C)C2. The largest absolute Gasteiger partial charge is 0.508 e. The Morgan fingerprint density at radius 2 is 1.83 bits per heavy atom. The number of esters is 1. The number of benzene rings is 2. The Kier molecular flexibility index (Phi) is 13.2. The number of fused-ring (bicyclic) bond motifs is 11. The van der Waals surface area contributed by atoms with Gasteiger partial charge >= 0.3 is 5.97 Å². The molecule has 65 heavy (non-hydrogen) atoms. The van der Waals surface area contributed by atoms with Crippen LogP contribution in [0.15, 0.2) is 59.7 Å². The van der Waals surface area contributed by atoms with Crippen molar-refractivity contribution in [2.75, 3.05) is 20.3 Å². The summed E-state index contributed by atoms with van der Waals surface area (Å²) in [7, 11) is 1.66. The minimum atomic E-state index is -1.11. The number of aryl methyl sites for hydroxylation is 1. The molecule has 4 N–H and O–H groups in total. The zero-order chi connectivity index (χ0) is 46.5. The highest BCUT2D eigenvalue weighted by Gasteiger charge is 2.58. The topological polar surface area (TPSA) is 167 Å². The van der Waals surface area contributed by atoms with Gasteiger partial charge in [-0.3, -0.25) is 34.2 Å². The number of amides is 3. The van der Waals surface area contributed by atoms with Crippen molar-refractivity contribution in [3.63, 3.8) is 0 Å². The molecule has 8 bridgehead atoms. The van der Waals surface area contributed by atoms with Crippen LogP contribution in [-0.4, -0.2) is 100 Å². The molecule has 0 unspecified atom stereocenters. The lowest BCUT2D eigenvalue weighted by molar-refractivity contribution is -0.155. The summed E-state index contributed by atoms with van der Waals surface area (Å²) >= 11 is 0. The van der Waals surface area contributed by atoms with E-state index >= 15 is 0 Å². The fourth-order valence-electron chi connectivity index (χ4n) is 11.4. The number of aliphatic imine (C=N–C) groups is 1. The van der Waals surface area contributed by atoms with Crippen LogP contribution in [0.4, 0.5) is 0 Å². The smallest absolute Gasteiger partial charge is 0.324 e. The fourth-order valence-corrected chi connectivity index (χ4v) is 11.4. The van der Waals surface area contributed by atoms with Crippen LogP contribution < -0.4 is 16.2 Å². The number of allylic oxidation sites excluding steroid dienone is 2. The number of carbonyl (C=O) groups is 4. The van der Waals surface area contributed by atoms with Crippen molar-refractivity contribution in [3.8, 4) is 16.9 Å². The lowest BCUT2D eigenvalue weighted by Crippen LogP contribution is -2.63. The third-order valence-electron chi connectivity index (χ3n) is 14.5. The van der Waals surface area contributed by atoms with Crippen molar-refractivity contribution in [3.05, 3.63) is 71.6 Å². The minimum Gasteiger partial charge on any atom is -0.508 e. The molecule has 14 heteroatoms. The van der Waals surface area contributed by atoms with E-state index in [2.05, 4.69) is 60.2 Å². The van der Waals surface area contributed by atoms with E-state index in [4.69, 9.17) is 14.5 Å². The Morgan fingerprint density at radius 1 is 1.06 bits per heavy atom.